The average molecular weight is 325 g/mol. The molecule has 0 radical (unpaired) electrons. The van der Waals surface area contributed by atoms with Crippen LogP contribution < -0.4 is 10.1 Å². The van der Waals surface area contributed by atoms with E-state index in [0.29, 0.717) is 5.75 Å². The van der Waals surface area contributed by atoms with Crippen LogP contribution in [0.2, 0.25) is 0 Å². The molecule has 128 valence electrons. The second kappa shape index (κ2) is 7.74. The summed E-state index contributed by atoms with van der Waals surface area (Å²) in [6.45, 7) is 2.84. The Labute approximate surface area is 134 Å². The van der Waals surface area contributed by atoms with Crippen molar-refractivity contribution in [3.05, 3.63) is 29.8 Å². The van der Waals surface area contributed by atoms with E-state index in [1.807, 2.05) is 25.1 Å². The van der Waals surface area contributed by atoms with Gasteiger partial charge in [-0.1, -0.05) is 19.1 Å². The Bertz CT molecular complexity index is 537. The molecule has 1 aromatic carbocycles. The molecule has 0 aromatic heterocycles. The van der Waals surface area contributed by atoms with Crippen LogP contribution in [-0.2, 0) is 16.0 Å². The molecule has 1 fully saturated rings. The summed E-state index contributed by atoms with van der Waals surface area (Å²) >= 11 is 0. The molecule has 4 N–H and O–H groups in total. The molecule has 1 aliphatic rings. The number of amides is 1. The Balaban J connectivity index is 2.21. The molecule has 0 unspecified atom stereocenters. The minimum Gasteiger partial charge on any atom is -0.463 e. The van der Waals surface area contributed by atoms with E-state index in [9.17, 15) is 20.1 Å². The molecule has 0 saturated carbocycles. The number of carbonyl (C=O) groups excluding carboxylic acids is 1. The van der Waals surface area contributed by atoms with E-state index in [1.54, 1.807) is 6.07 Å². The number of nitrogens with one attached hydrogen (secondary N) is 1. The Kier molecular flexibility index (Phi) is 5.95. The van der Waals surface area contributed by atoms with Gasteiger partial charge in [0.25, 0.3) is 0 Å². The lowest BCUT2D eigenvalue weighted by atomic mass is 9.97. The molecule has 2 rings (SSSR count). The number of hydrogen-bond donors (Lipinski definition) is 4. The van der Waals surface area contributed by atoms with Crippen LogP contribution >= 0.6 is 0 Å². The van der Waals surface area contributed by atoms with Crippen molar-refractivity contribution in [3.63, 3.8) is 0 Å². The second-order valence-corrected chi connectivity index (χ2v) is 5.55. The van der Waals surface area contributed by atoms with E-state index in [0.717, 1.165) is 12.0 Å². The minimum atomic E-state index is -1.32. The molecular weight excluding hydrogens is 302 g/mol. The molecule has 0 aliphatic carbocycles. The lowest BCUT2D eigenvalue weighted by Crippen LogP contribution is -2.65. The van der Waals surface area contributed by atoms with Crippen LogP contribution in [0.4, 0.5) is 0 Å². The number of benzene rings is 1. The summed E-state index contributed by atoms with van der Waals surface area (Å²) in [5.41, 5.74) is 1.06. The lowest BCUT2D eigenvalue weighted by Gasteiger charge is -2.42. The Hall–Kier alpha value is -1.67. The minimum absolute atomic E-state index is 0.386. The normalized spacial score (nSPS) is 30.7. The Morgan fingerprint density at radius 3 is 2.70 bits per heavy atom. The van der Waals surface area contributed by atoms with Gasteiger partial charge in [0.1, 0.15) is 30.1 Å². The quantitative estimate of drug-likeness (QED) is 0.585. The van der Waals surface area contributed by atoms with E-state index < -0.39 is 37.3 Å². The third-order valence-corrected chi connectivity index (χ3v) is 3.81. The Morgan fingerprint density at radius 1 is 1.35 bits per heavy atom. The second-order valence-electron chi connectivity index (χ2n) is 5.55. The van der Waals surface area contributed by atoms with Gasteiger partial charge < -0.3 is 30.1 Å². The number of aliphatic hydroxyl groups is 3. The number of carbonyl (C=O) groups is 1. The first-order chi connectivity index (χ1) is 11.0. The predicted molar refractivity (Wildman–Crippen MR) is 81.8 cm³/mol. The summed E-state index contributed by atoms with van der Waals surface area (Å²) in [6, 6.07) is 6.41. The van der Waals surface area contributed by atoms with Crippen molar-refractivity contribution in [2.24, 2.45) is 0 Å². The van der Waals surface area contributed by atoms with E-state index in [4.69, 9.17) is 9.47 Å². The molecule has 5 atom stereocenters. The van der Waals surface area contributed by atoms with Gasteiger partial charge in [-0.2, -0.15) is 0 Å². The number of ether oxygens (including phenoxy) is 2. The smallest absolute Gasteiger partial charge is 0.223 e. The van der Waals surface area contributed by atoms with E-state index in [-0.39, 0.29) is 5.91 Å². The Morgan fingerprint density at radius 2 is 2.09 bits per heavy atom. The standard InChI is InChI=1S/C16H23NO6/c1-3-10-5-4-6-11(7-10)22-16-13(17-9(2)19)15(21)14(20)12(8-18)23-16/h4-7,12-16,18,20-21H,3,8H2,1-2H3,(H,17,19)/t12-,13-,14-,15-,16-/m0/s1. The van der Waals surface area contributed by atoms with Crippen LogP contribution in [0.3, 0.4) is 0 Å². The van der Waals surface area contributed by atoms with Crippen LogP contribution in [0, 0.1) is 0 Å². The topological polar surface area (TPSA) is 108 Å². The average Bonchev–Trinajstić information content (AvgIpc) is 2.54. The molecule has 1 aromatic rings. The molecule has 1 heterocycles. The number of rotatable bonds is 5. The van der Waals surface area contributed by atoms with Gasteiger partial charge in [-0.3, -0.25) is 4.79 Å². The maximum Gasteiger partial charge on any atom is 0.223 e. The van der Waals surface area contributed by atoms with Gasteiger partial charge in [0.15, 0.2) is 0 Å². The van der Waals surface area contributed by atoms with Crippen molar-refractivity contribution >= 4 is 5.91 Å². The summed E-state index contributed by atoms with van der Waals surface area (Å²) < 4.78 is 11.3. The highest BCUT2D eigenvalue weighted by atomic mass is 16.7. The number of aliphatic hydroxyl groups excluding tert-OH is 3. The first-order valence-electron chi connectivity index (χ1n) is 7.61. The van der Waals surface area contributed by atoms with Crippen LogP contribution in [-0.4, -0.2) is 58.5 Å². The molecule has 1 amide bonds. The summed E-state index contributed by atoms with van der Waals surface area (Å²) in [7, 11) is 0. The van der Waals surface area contributed by atoms with Crippen molar-refractivity contribution in [1.29, 1.82) is 0 Å². The van der Waals surface area contributed by atoms with Gasteiger partial charge in [0.2, 0.25) is 12.2 Å². The van der Waals surface area contributed by atoms with Crippen molar-refractivity contribution in [1.82, 2.24) is 5.32 Å². The SMILES string of the molecule is CCc1cccc(O[C@H]2O[C@@H](CO)[C@H](O)[C@@H](O)[C@@H]2NC(C)=O)c1. The maximum atomic E-state index is 11.3. The predicted octanol–water partition coefficient (Wildman–Crippen LogP) is -0.429. The molecule has 1 saturated heterocycles. The van der Waals surface area contributed by atoms with Crippen LogP contribution in [0.15, 0.2) is 24.3 Å². The van der Waals surface area contributed by atoms with Crippen molar-refractivity contribution in [3.8, 4) is 5.75 Å². The van der Waals surface area contributed by atoms with Gasteiger partial charge >= 0.3 is 0 Å². The fraction of sp³-hybridized carbons (Fsp3) is 0.562. The van der Waals surface area contributed by atoms with Gasteiger partial charge in [-0.25, -0.2) is 0 Å². The highest BCUT2D eigenvalue weighted by molar-refractivity contribution is 5.73. The molecule has 0 spiro atoms. The van der Waals surface area contributed by atoms with Crippen molar-refractivity contribution in [2.45, 2.75) is 50.9 Å². The van der Waals surface area contributed by atoms with Crippen LogP contribution in [0.5, 0.6) is 5.75 Å². The maximum absolute atomic E-state index is 11.3. The number of aryl methyl sites for hydroxylation is 1. The van der Waals surface area contributed by atoms with Crippen molar-refractivity contribution in [2.75, 3.05) is 6.61 Å². The van der Waals surface area contributed by atoms with E-state index in [2.05, 4.69) is 5.32 Å². The summed E-state index contributed by atoms with van der Waals surface area (Å²) in [6.07, 6.45) is -3.82. The zero-order valence-corrected chi connectivity index (χ0v) is 13.2. The molecular formula is C16H23NO6. The summed E-state index contributed by atoms with van der Waals surface area (Å²) in [5.74, 6) is 0.133. The van der Waals surface area contributed by atoms with Gasteiger partial charge in [-0.05, 0) is 24.1 Å². The van der Waals surface area contributed by atoms with E-state index >= 15 is 0 Å². The summed E-state index contributed by atoms with van der Waals surface area (Å²) in [4.78, 5) is 11.3. The zero-order valence-electron chi connectivity index (χ0n) is 13.2. The monoisotopic (exact) mass is 325 g/mol. The van der Waals surface area contributed by atoms with Crippen LogP contribution in [0.25, 0.3) is 0 Å². The fourth-order valence-electron chi connectivity index (χ4n) is 2.54. The molecule has 0 bridgehead atoms. The number of hydrogen-bond acceptors (Lipinski definition) is 6. The van der Waals surface area contributed by atoms with Gasteiger partial charge in [-0.15, -0.1) is 0 Å². The zero-order chi connectivity index (χ0) is 17.0. The lowest BCUT2D eigenvalue weighted by molar-refractivity contribution is -0.244. The first-order valence-corrected chi connectivity index (χ1v) is 7.61. The van der Waals surface area contributed by atoms with E-state index in [1.165, 1.54) is 6.92 Å². The third-order valence-electron chi connectivity index (χ3n) is 3.81. The third kappa shape index (κ3) is 4.20. The molecule has 7 nitrogen and oxygen atoms in total. The molecule has 23 heavy (non-hydrogen) atoms. The fourth-order valence-corrected chi connectivity index (χ4v) is 2.54. The molecule has 1 aliphatic heterocycles. The largest absolute Gasteiger partial charge is 0.463 e. The van der Waals surface area contributed by atoms with Gasteiger partial charge in [0, 0.05) is 6.92 Å². The van der Waals surface area contributed by atoms with Crippen molar-refractivity contribution < 1.29 is 29.6 Å². The van der Waals surface area contributed by atoms with Gasteiger partial charge in [0.05, 0.1) is 6.61 Å². The highest BCUT2D eigenvalue weighted by Gasteiger charge is 2.46. The molecule has 7 heteroatoms. The van der Waals surface area contributed by atoms with Crippen LogP contribution in [0.1, 0.15) is 19.4 Å². The highest BCUT2D eigenvalue weighted by Crippen LogP contribution is 2.25. The summed E-state index contributed by atoms with van der Waals surface area (Å²) in [5, 5.41) is 31.9. The first kappa shape index (κ1) is 17.7.